The summed E-state index contributed by atoms with van der Waals surface area (Å²) in [6.45, 7) is 4.18. The van der Waals surface area contributed by atoms with Crippen LogP contribution in [0, 0.1) is 0 Å². The van der Waals surface area contributed by atoms with Gasteiger partial charge in [-0.15, -0.1) is 0 Å². The zero-order valence-electron chi connectivity index (χ0n) is 51.3. The molecule has 0 aromatic carbocycles. The van der Waals surface area contributed by atoms with Crippen molar-refractivity contribution in [3.8, 4) is 0 Å². The number of carbonyl (C=O) groups excluding carboxylic acids is 2. The van der Waals surface area contributed by atoms with Crippen LogP contribution in [0.5, 0.6) is 0 Å². The molecule has 0 bridgehead atoms. The summed E-state index contributed by atoms with van der Waals surface area (Å²) < 4.78 is 10.8. The van der Waals surface area contributed by atoms with E-state index in [0.717, 1.165) is 51.4 Å². The highest BCUT2D eigenvalue weighted by Crippen LogP contribution is 2.18. The van der Waals surface area contributed by atoms with Crippen molar-refractivity contribution < 1.29 is 24.2 Å². The lowest BCUT2D eigenvalue weighted by Gasteiger charge is -2.15. The lowest BCUT2D eigenvalue weighted by Crippen LogP contribution is -2.28. The monoisotopic (exact) mass is 1070 g/mol. The van der Waals surface area contributed by atoms with Crippen LogP contribution in [0.4, 0.5) is 0 Å². The average Bonchev–Trinajstić information content (AvgIpc) is 3.42. The van der Waals surface area contributed by atoms with Gasteiger partial charge in [-0.2, -0.15) is 0 Å². The third kappa shape index (κ3) is 64.4. The van der Waals surface area contributed by atoms with Crippen molar-refractivity contribution >= 4 is 11.9 Å². The summed E-state index contributed by atoms with van der Waals surface area (Å²) in [6, 6.07) is 0. The molecular weight excluding hydrogens is 933 g/mol. The van der Waals surface area contributed by atoms with Crippen molar-refractivity contribution in [3.63, 3.8) is 0 Å². The molecule has 1 atom stereocenters. The molecule has 5 nitrogen and oxygen atoms in total. The van der Waals surface area contributed by atoms with Gasteiger partial charge in [0.2, 0.25) is 0 Å². The maximum absolute atomic E-state index is 12.4. The van der Waals surface area contributed by atoms with Gasteiger partial charge in [-0.25, -0.2) is 0 Å². The van der Waals surface area contributed by atoms with Crippen LogP contribution in [0.25, 0.3) is 0 Å². The van der Waals surface area contributed by atoms with Crippen molar-refractivity contribution in [2.24, 2.45) is 0 Å². The fraction of sp³-hybridized carbons (Fsp3) is 0.859. The number of aliphatic hydroxyl groups excluding tert-OH is 1. The van der Waals surface area contributed by atoms with Gasteiger partial charge in [0.1, 0.15) is 6.61 Å². The van der Waals surface area contributed by atoms with Crippen LogP contribution >= 0.6 is 0 Å². The number of hydrogen-bond donors (Lipinski definition) is 1. The first-order chi connectivity index (χ1) is 37.6. The number of ether oxygens (including phenoxy) is 2. The van der Waals surface area contributed by atoms with Crippen molar-refractivity contribution in [1.29, 1.82) is 0 Å². The Morgan fingerprint density at radius 1 is 0.303 bits per heavy atom. The largest absolute Gasteiger partial charge is 0.462 e. The van der Waals surface area contributed by atoms with E-state index in [1.54, 1.807) is 0 Å². The average molecular weight is 1070 g/mol. The Bertz CT molecular complexity index is 1250. The molecular formula is C71H132O5. The smallest absolute Gasteiger partial charge is 0.306 e. The Kier molecular flexibility index (Phi) is 65.2. The van der Waals surface area contributed by atoms with Gasteiger partial charge in [0.05, 0.1) is 6.61 Å². The van der Waals surface area contributed by atoms with Gasteiger partial charge in [-0.05, 0) is 77.0 Å². The molecule has 0 aromatic heterocycles. The van der Waals surface area contributed by atoms with Crippen LogP contribution in [0.15, 0.2) is 48.6 Å². The van der Waals surface area contributed by atoms with E-state index in [2.05, 4.69) is 62.5 Å². The van der Waals surface area contributed by atoms with E-state index in [1.807, 2.05) is 0 Å². The van der Waals surface area contributed by atoms with Crippen LogP contribution in [-0.4, -0.2) is 36.4 Å². The van der Waals surface area contributed by atoms with Crippen molar-refractivity contribution in [3.05, 3.63) is 48.6 Å². The molecule has 1 N–H and O–H groups in total. The molecule has 5 heteroatoms. The summed E-state index contributed by atoms with van der Waals surface area (Å²) >= 11 is 0. The second-order valence-electron chi connectivity index (χ2n) is 23.3. The molecule has 0 aliphatic carbocycles. The Morgan fingerprint density at radius 2 is 0.526 bits per heavy atom. The Labute approximate surface area is 475 Å². The first-order valence-electron chi connectivity index (χ1n) is 34.2. The molecule has 0 saturated heterocycles. The number of hydrogen-bond acceptors (Lipinski definition) is 5. The number of esters is 2. The van der Waals surface area contributed by atoms with Crippen molar-refractivity contribution in [1.82, 2.24) is 0 Å². The molecule has 0 fully saturated rings. The van der Waals surface area contributed by atoms with Gasteiger partial charge in [0.15, 0.2) is 6.10 Å². The Hall–Kier alpha value is -2.14. The van der Waals surface area contributed by atoms with E-state index in [4.69, 9.17) is 9.47 Å². The molecule has 0 spiro atoms. The van der Waals surface area contributed by atoms with E-state index in [1.165, 1.54) is 295 Å². The minimum atomic E-state index is -0.772. The van der Waals surface area contributed by atoms with E-state index >= 15 is 0 Å². The predicted molar refractivity (Wildman–Crippen MR) is 334 cm³/mol. The van der Waals surface area contributed by atoms with Crippen LogP contribution < -0.4 is 0 Å². The molecule has 0 amide bonds. The molecule has 76 heavy (non-hydrogen) atoms. The Morgan fingerprint density at radius 3 is 0.803 bits per heavy atom. The minimum Gasteiger partial charge on any atom is -0.462 e. The molecule has 0 radical (unpaired) electrons. The van der Waals surface area contributed by atoms with Gasteiger partial charge >= 0.3 is 11.9 Å². The third-order valence-electron chi connectivity index (χ3n) is 15.6. The normalized spacial score (nSPS) is 12.4. The summed E-state index contributed by atoms with van der Waals surface area (Å²) in [7, 11) is 0. The standard InChI is InChI=1S/C71H132O5/c1-3-5-7-9-11-13-15-17-19-21-23-25-27-29-31-33-34-35-36-38-39-41-43-45-47-49-51-53-55-57-59-61-63-65-70(73)75-68-69(67-72)76-71(74)66-64-62-60-58-56-54-52-50-48-46-44-42-40-37-32-30-28-26-24-22-20-18-16-14-12-10-8-6-4-2/h16,18,21-24,28,30,69,72H,3-15,17,19-20,25-27,29,31-68H2,1-2H3/b18-16-,23-21-,24-22-,30-28-. The molecule has 0 aliphatic heterocycles. The van der Waals surface area contributed by atoms with Crippen molar-refractivity contribution in [2.45, 2.75) is 380 Å². The summed E-state index contributed by atoms with van der Waals surface area (Å²) in [6.07, 6.45) is 90.0. The van der Waals surface area contributed by atoms with Gasteiger partial charge in [0, 0.05) is 12.8 Å². The topological polar surface area (TPSA) is 72.8 Å². The summed E-state index contributed by atoms with van der Waals surface area (Å²) in [5.74, 6) is -0.571. The molecule has 0 aliphatic rings. The number of aliphatic hydroxyl groups is 1. The van der Waals surface area contributed by atoms with Gasteiger partial charge in [0.25, 0.3) is 0 Å². The summed E-state index contributed by atoms with van der Waals surface area (Å²) in [5.41, 5.74) is 0. The Balaban J connectivity index is 3.41. The summed E-state index contributed by atoms with van der Waals surface area (Å²) in [4.78, 5) is 24.6. The number of carbonyl (C=O) groups is 2. The quantitative estimate of drug-likeness (QED) is 0.0373. The van der Waals surface area contributed by atoms with E-state index < -0.39 is 6.10 Å². The van der Waals surface area contributed by atoms with Crippen LogP contribution in [0.2, 0.25) is 0 Å². The second-order valence-corrected chi connectivity index (χ2v) is 23.3. The maximum atomic E-state index is 12.4. The predicted octanol–water partition coefficient (Wildman–Crippen LogP) is 23.5. The third-order valence-corrected chi connectivity index (χ3v) is 15.6. The van der Waals surface area contributed by atoms with Gasteiger partial charge < -0.3 is 14.6 Å². The highest BCUT2D eigenvalue weighted by molar-refractivity contribution is 5.70. The van der Waals surface area contributed by atoms with Crippen LogP contribution in [0.1, 0.15) is 373 Å². The second kappa shape index (κ2) is 67.1. The van der Waals surface area contributed by atoms with Crippen LogP contribution in [-0.2, 0) is 19.1 Å². The van der Waals surface area contributed by atoms with Gasteiger partial charge in [-0.3, -0.25) is 9.59 Å². The SMILES string of the molecule is CCCCCCC/C=C\C/C=C\C/C=C\CCCCCCCCCCCCCCCCC(=O)OC(CO)COC(=O)CCCCCCCCCCCCCCCCCCCCCCC/C=C\CCCCCCCCCC. The summed E-state index contributed by atoms with van der Waals surface area (Å²) in [5, 5.41) is 9.70. The highest BCUT2D eigenvalue weighted by atomic mass is 16.6. The molecule has 446 valence electrons. The van der Waals surface area contributed by atoms with Crippen LogP contribution in [0.3, 0.4) is 0 Å². The highest BCUT2D eigenvalue weighted by Gasteiger charge is 2.16. The number of unbranched alkanes of at least 4 members (excludes halogenated alkanes) is 48. The number of allylic oxidation sites excluding steroid dienone is 8. The molecule has 0 heterocycles. The lowest BCUT2D eigenvalue weighted by molar-refractivity contribution is -0.161. The molecule has 0 rings (SSSR count). The maximum Gasteiger partial charge on any atom is 0.306 e. The lowest BCUT2D eigenvalue weighted by atomic mass is 10.0. The van der Waals surface area contributed by atoms with Gasteiger partial charge in [-0.1, -0.05) is 332 Å². The zero-order chi connectivity index (χ0) is 54.8. The number of rotatable bonds is 64. The molecule has 1 unspecified atom stereocenters. The fourth-order valence-electron chi connectivity index (χ4n) is 10.4. The molecule has 0 saturated carbocycles. The van der Waals surface area contributed by atoms with E-state index in [-0.39, 0.29) is 25.2 Å². The first kappa shape index (κ1) is 73.9. The fourth-order valence-corrected chi connectivity index (χ4v) is 10.4. The van der Waals surface area contributed by atoms with E-state index in [9.17, 15) is 14.7 Å². The zero-order valence-corrected chi connectivity index (χ0v) is 51.3. The van der Waals surface area contributed by atoms with Crippen molar-refractivity contribution in [2.75, 3.05) is 13.2 Å². The minimum absolute atomic E-state index is 0.0617. The molecule has 0 aromatic rings. The van der Waals surface area contributed by atoms with E-state index in [0.29, 0.717) is 12.8 Å². The first-order valence-corrected chi connectivity index (χ1v) is 34.2.